The van der Waals surface area contributed by atoms with Crippen molar-refractivity contribution < 1.29 is 0 Å². The van der Waals surface area contributed by atoms with Crippen molar-refractivity contribution in [2.45, 2.75) is 0 Å². The van der Waals surface area contributed by atoms with E-state index in [-0.39, 0.29) is 0 Å². The van der Waals surface area contributed by atoms with E-state index in [9.17, 15) is 0 Å². The summed E-state index contributed by atoms with van der Waals surface area (Å²) in [7, 11) is 0. The van der Waals surface area contributed by atoms with Gasteiger partial charge in [0.2, 0.25) is 0 Å². The fraction of sp³-hybridized carbons (Fsp3) is 0. The monoisotopic (exact) mass is 183 g/mol. The van der Waals surface area contributed by atoms with Gasteiger partial charge in [-0.05, 0) is 0 Å². The molecule has 0 spiro atoms. The fourth-order valence-electron chi connectivity index (χ4n) is 0.643. The molecule has 0 fully saturated rings. The zero-order valence-corrected chi connectivity index (χ0v) is 6.66. The van der Waals surface area contributed by atoms with Gasteiger partial charge in [-0.25, -0.2) is 0 Å². The Balaban J connectivity index is 2.85. The minimum absolute atomic E-state index is 1.23. The summed E-state index contributed by atoms with van der Waals surface area (Å²) >= 11 is 2.81. The molecule has 1 aromatic carbocycles. The van der Waals surface area contributed by atoms with Crippen LogP contribution in [0.1, 0.15) is 5.56 Å². The molecule has 0 unspecified atom stereocenters. The van der Waals surface area contributed by atoms with Crippen molar-refractivity contribution in [1.29, 1.82) is 0 Å². The Bertz CT molecular complexity index is 189. The van der Waals surface area contributed by atoms with Gasteiger partial charge in [0.25, 0.3) is 0 Å². The zero-order valence-electron chi connectivity index (χ0n) is 4.95. The molecular formula is C8H7Se. The zero-order chi connectivity index (χ0) is 6.53. The third-order valence-corrected chi connectivity index (χ3v) is 1.35. The minimum atomic E-state index is 1.23. The predicted octanol–water partition coefficient (Wildman–Crippen LogP) is 1.83. The molecule has 0 bridgehead atoms. The van der Waals surface area contributed by atoms with Gasteiger partial charge in [0.05, 0.1) is 0 Å². The summed E-state index contributed by atoms with van der Waals surface area (Å²) in [6.45, 7) is 0. The summed E-state index contributed by atoms with van der Waals surface area (Å²) in [5.74, 6) is 0. The van der Waals surface area contributed by atoms with E-state index in [0.29, 0.717) is 0 Å². The second-order valence-corrected chi connectivity index (χ2v) is 2.28. The molecule has 0 aliphatic heterocycles. The van der Waals surface area contributed by atoms with Crippen LogP contribution in [0.15, 0.2) is 35.3 Å². The third kappa shape index (κ3) is 2.04. The van der Waals surface area contributed by atoms with Crippen LogP contribution in [0.4, 0.5) is 0 Å². The molecule has 1 aromatic rings. The Hall–Kier alpha value is -0.521. The SMILES string of the molecule is [Se]/C=C/c1ccccc1. The number of rotatable bonds is 1. The maximum absolute atomic E-state index is 2.81. The van der Waals surface area contributed by atoms with Crippen molar-refractivity contribution in [2.75, 3.05) is 0 Å². The van der Waals surface area contributed by atoms with Gasteiger partial charge >= 0.3 is 63.0 Å². The van der Waals surface area contributed by atoms with Gasteiger partial charge in [-0.3, -0.25) is 0 Å². The summed E-state index contributed by atoms with van der Waals surface area (Å²) < 4.78 is 0. The van der Waals surface area contributed by atoms with E-state index in [1.807, 2.05) is 29.2 Å². The van der Waals surface area contributed by atoms with Crippen LogP contribution in [-0.2, 0) is 0 Å². The first-order valence-corrected chi connectivity index (χ1v) is 3.76. The molecule has 0 amide bonds. The van der Waals surface area contributed by atoms with E-state index in [4.69, 9.17) is 0 Å². The van der Waals surface area contributed by atoms with E-state index in [1.54, 1.807) is 0 Å². The van der Waals surface area contributed by atoms with Crippen molar-refractivity contribution in [1.82, 2.24) is 0 Å². The van der Waals surface area contributed by atoms with Crippen LogP contribution < -0.4 is 0 Å². The standard InChI is InChI=1S/C8H7Se/c9-7-6-8-4-2-1-3-5-8/h1-7H/b7-6+. The first-order chi connectivity index (χ1) is 4.43. The molecule has 0 saturated carbocycles. The van der Waals surface area contributed by atoms with E-state index < -0.39 is 0 Å². The molecule has 0 nitrogen and oxygen atoms in total. The number of hydrogen-bond donors (Lipinski definition) is 0. The Morgan fingerprint density at radius 1 is 1.11 bits per heavy atom. The summed E-state index contributed by atoms with van der Waals surface area (Å²) in [5, 5.41) is 0. The van der Waals surface area contributed by atoms with Crippen molar-refractivity contribution >= 4 is 22.1 Å². The average molecular weight is 182 g/mol. The number of benzene rings is 1. The van der Waals surface area contributed by atoms with E-state index in [1.165, 1.54) is 5.56 Å². The third-order valence-electron chi connectivity index (χ3n) is 1.06. The Labute approximate surface area is 63.4 Å². The summed E-state index contributed by atoms with van der Waals surface area (Å²) in [6, 6.07) is 10.2. The molecule has 0 atom stereocenters. The van der Waals surface area contributed by atoms with Crippen molar-refractivity contribution in [3.63, 3.8) is 0 Å². The van der Waals surface area contributed by atoms with Crippen LogP contribution in [0.3, 0.4) is 0 Å². The topological polar surface area (TPSA) is 0 Å². The van der Waals surface area contributed by atoms with Gasteiger partial charge in [0.15, 0.2) is 0 Å². The average Bonchev–Trinajstić information content (AvgIpc) is 1.91. The van der Waals surface area contributed by atoms with Gasteiger partial charge in [0.1, 0.15) is 0 Å². The molecule has 0 aromatic heterocycles. The molecule has 9 heavy (non-hydrogen) atoms. The normalized spacial score (nSPS) is 10.2. The quantitative estimate of drug-likeness (QED) is 0.581. The molecule has 0 heterocycles. The summed E-state index contributed by atoms with van der Waals surface area (Å²) in [5.41, 5.74) is 1.23. The molecule has 45 valence electrons. The first kappa shape index (κ1) is 6.60. The first-order valence-electron chi connectivity index (χ1n) is 2.77. The van der Waals surface area contributed by atoms with Crippen LogP contribution >= 0.6 is 0 Å². The molecule has 0 N–H and O–H groups in total. The van der Waals surface area contributed by atoms with Gasteiger partial charge in [-0.1, -0.05) is 0 Å². The van der Waals surface area contributed by atoms with E-state index in [2.05, 4.69) is 28.1 Å². The Kier molecular flexibility index (Phi) is 2.56. The molecule has 0 aliphatic rings. The molecular weight excluding hydrogens is 175 g/mol. The number of hydrogen-bond acceptors (Lipinski definition) is 0. The van der Waals surface area contributed by atoms with Crippen LogP contribution in [0.2, 0.25) is 0 Å². The Morgan fingerprint density at radius 2 is 1.78 bits per heavy atom. The van der Waals surface area contributed by atoms with Gasteiger partial charge < -0.3 is 0 Å². The summed E-state index contributed by atoms with van der Waals surface area (Å²) in [6.07, 6.45) is 2.03. The van der Waals surface area contributed by atoms with Crippen molar-refractivity contribution in [3.8, 4) is 0 Å². The van der Waals surface area contributed by atoms with Gasteiger partial charge in [0, 0.05) is 0 Å². The predicted molar refractivity (Wildman–Crippen MR) is 41.2 cm³/mol. The molecule has 1 radical (unpaired) electrons. The second kappa shape index (κ2) is 3.49. The molecule has 0 aliphatic carbocycles. The molecule has 1 rings (SSSR count). The fourth-order valence-corrected chi connectivity index (χ4v) is 0.972. The molecule has 0 saturated heterocycles. The molecule has 1 heteroatoms. The van der Waals surface area contributed by atoms with Gasteiger partial charge in [-0.2, -0.15) is 0 Å². The van der Waals surface area contributed by atoms with Crippen LogP contribution in [0.5, 0.6) is 0 Å². The van der Waals surface area contributed by atoms with Crippen LogP contribution in [0.25, 0.3) is 6.08 Å². The van der Waals surface area contributed by atoms with E-state index >= 15 is 0 Å². The van der Waals surface area contributed by atoms with Crippen molar-refractivity contribution in [3.05, 3.63) is 40.9 Å². The van der Waals surface area contributed by atoms with Crippen LogP contribution in [-0.4, -0.2) is 16.0 Å². The maximum atomic E-state index is 2.81. The van der Waals surface area contributed by atoms with Gasteiger partial charge in [-0.15, -0.1) is 0 Å². The van der Waals surface area contributed by atoms with E-state index in [0.717, 1.165) is 0 Å². The summed E-state index contributed by atoms with van der Waals surface area (Å²) in [4.78, 5) is 1.91. The Morgan fingerprint density at radius 3 is 2.33 bits per heavy atom. The van der Waals surface area contributed by atoms with Crippen molar-refractivity contribution in [2.24, 2.45) is 0 Å². The van der Waals surface area contributed by atoms with Crippen LogP contribution in [0, 0.1) is 0 Å². The second-order valence-electron chi connectivity index (χ2n) is 1.71.